The van der Waals surface area contributed by atoms with Crippen LogP contribution >= 0.6 is 24.0 Å². The molecule has 116 heavy (non-hydrogen) atoms. The number of halogens is 8. The van der Waals surface area contributed by atoms with E-state index in [1.165, 1.54) is 17.0 Å². The maximum Gasteiger partial charge on any atom is 0.762 e. The van der Waals surface area contributed by atoms with Crippen molar-refractivity contribution in [1.82, 2.24) is 19.0 Å². The lowest BCUT2D eigenvalue weighted by atomic mass is 9.88. The Morgan fingerprint density at radius 1 is 0.578 bits per heavy atom. The molecule has 0 aliphatic carbocycles. The number of aryl methyl sites for hydroxylation is 6. The zero-order valence-electron chi connectivity index (χ0n) is 69.3. The van der Waals surface area contributed by atoms with Gasteiger partial charge in [0.15, 0.2) is 22.8 Å². The number of H-pyrrole nitrogens is 1. The third-order valence-electron chi connectivity index (χ3n) is 19.5. The molecule has 3 N–H and O–H groups in total. The van der Waals surface area contributed by atoms with Crippen LogP contribution in [0.25, 0.3) is 18.2 Å². The second-order valence-corrected chi connectivity index (χ2v) is 31.9. The van der Waals surface area contributed by atoms with Gasteiger partial charge < -0.3 is 73.4 Å². The maximum absolute atomic E-state index is 16.6. The van der Waals surface area contributed by atoms with Crippen LogP contribution in [0.3, 0.4) is 0 Å². The number of hydroxylamine groups is 2. The Morgan fingerprint density at radius 3 is 1.34 bits per heavy atom. The molecule has 622 valence electrons. The number of aliphatic imine (C=N–C) groups is 1. The molecule has 12 rings (SSSR count). The van der Waals surface area contributed by atoms with Gasteiger partial charge in [0, 0.05) is 127 Å². The summed E-state index contributed by atoms with van der Waals surface area (Å²) in [4.78, 5) is 71.2. The number of carboxylic acid groups (broad SMARTS) is 2. The first-order valence-corrected chi connectivity index (χ1v) is 38.9. The fraction of sp³-hybridized carbons (Fsp3) is 0.400. The Balaban J connectivity index is 0.000000253. The number of carbonyl (C=O) groups is 5. The number of allylic oxidation sites excluding steroid dienone is 6. The number of hydrogen-bond acceptors (Lipinski definition) is 9. The van der Waals surface area contributed by atoms with Crippen molar-refractivity contribution in [2.75, 3.05) is 96.3 Å². The van der Waals surface area contributed by atoms with Crippen LogP contribution in [0.1, 0.15) is 159 Å². The Labute approximate surface area is 694 Å². The number of rotatable bonds is 28. The molecule has 9 heterocycles. The molecule has 0 unspecified atom stereocenters. The summed E-state index contributed by atoms with van der Waals surface area (Å²) in [5.41, 5.74) is 15.6. The second kappa shape index (κ2) is 42.4. The number of nitrogens with zero attached hydrogens (tertiary/aromatic N) is 10. The minimum Gasteiger partial charge on any atom is -0.481 e. The Morgan fingerprint density at radius 2 is 0.957 bits per heavy atom. The molecule has 6 aliphatic heterocycles. The van der Waals surface area contributed by atoms with Gasteiger partial charge in [-0.05, 0) is 161 Å². The lowest BCUT2D eigenvalue weighted by molar-refractivity contribution is -0.870. The van der Waals surface area contributed by atoms with E-state index >= 15 is 17.3 Å². The minimum absolute atomic E-state index is 0. The molecule has 20 nitrogen and oxygen atoms in total. The van der Waals surface area contributed by atoms with Gasteiger partial charge in [-0.1, -0.05) is 66.7 Å². The molecule has 3 aromatic carbocycles. The van der Waals surface area contributed by atoms with Crippen LogP contribution in [0.5, 0.6) is 0 Å². The number of ether oxygens (including phenoxy) is 1. The molecular formula is C85H111B3F7IN11O9+3. The summed E-state index contributed by atoms with van der Waals surface area (Å²) in [6.07, 6.45) is 17.2. The van der Waals surface area contributed by atoms with Crippen LogP contribution in [0.4, 0.5) is 30.2 Å². The molecule has 6 aliphatic rings. The average Bonchev–Trinajstić information content (AvgIpc) is 1.56. The van der Waals surface area contributed by atoms with Gasteiger partial charge in [0.05, 0.1) is 120 Å². The summed E-state index contributed by atoms with van der Waals surface area (Å²) in [5.74, 6) is -3.75. The monoisotopic (exact) mass is 1720 g/mol. The molecule has 0 radical (unpaired) electrons. The summed E-state index contributed by atoms with van der Waals surface area (Å²) < 4.78 is 107. The van der Waals surface area contributed by atoms with Crippen LogP contribution < -0.4 is 0 Å². The SMILES string of the molecule is CC#N.CCOCC.Cc1cc(CCC(=O)O)[nH]c1C=C1N=C(c2ccccc2)C=C1CCC[N+](C)(C)C.Cc1cc(CCC(=O)O)n2c1C=C1C(CCC[N+](C)(C)C)=CC(c3ccccc3)=[N+]1[B-]2(F)F.Cc1cc(CCC(=O)ON2C(=O)CCC2=O)n2c1C=C1C(CCC[N+](C)(C)C)=CC(c3ccccc3)=[N+]1[B-]2(F)F.FB(F)F.I. The molecule has 31 heteroatoms. The Kier molecular flexibility index (Phi) is 34.8. The van der Waals surface area contributed by atoms with E-state index in [0.717, 1.165) is 142 Å². The highest BCUT2D eigenvalue weighted by Crippen LogP contribution is 2.42. The largest absolute Gasteiger partial charge is 0.762 e. The normalized spacial score (nSPS) is 15.7. The van der Waals surface area contributed by atoms with E-state index in [4.69, 9.17) is 30.0 Å². The smallest absolute Gasteiger partial charge is 0.481 e. The number of aromatic amines is 1. The van der Waals surface area contributed by atoms with E-state index in [1.54, 1.807) is 25.1 Å². The van der Waals surface area contributed by atoms with Gasteiger partial charge in [-0.3, -0.25) is 32.1 Å². The molecule has 6 aromatic rings. The number of carboxylic acids is 2. The van der Waals surface area contributed by atoms with Gasteiger partial charge >= 0.3 is 39.4 Å². The van der Waals surface area contributed by atoms with Crippen LogP contribution in [0, 0.1) is 32.1 Å². The summed E-state index contributed by atoms with van der Waals surface area (Å²) in [5, 5.41) is 25.8. The number of quaternary nitrogens is 3. The predicted octanol–water partition coefficient (Wildman–Crippen LogP) is 15.8. The van der Waals surface area contributed by atoms with E-state index < -0.39 is 51.2 Å². The van der Waals surface area contributed by atoms with Gasteiger partial charge in [-0.15, -0.1) is 29.0 Å². The Hall–Kier alpha value is -9.74. The third-order valence-corrected chi connectivity index (χ3v) is 19.5. The molecule has 0 atom stereocenters. The highest BCUT2D eigenvalue weighted by Gasteiger charge is 2.56. The third kappa shape index (κ3) is 26.4. The lowest BCUT2D eigenvalue weighted by Gasteiger charge is -2.32. The number of amides is 2. The lowest BCUT2D eigenvalue weighted by Crippen LogP contribution is -2.51. The number of hydrogen-bond donors (Lipinski definition) is 3. The number of aliphatic carboxylic acids is 2. The van der Waals surface area contributed by atoms with Crippen molar-refractivity contribution in [3.05, 3.63) is 229 Å². The molecule has 0 saturated carbocycles. The minimum atomic E-state index is -4.30. The topological polar surface area (TPSA) is 215 Å². The highest BCUT2D eigenvalue weighted by molar-refractivity contribution is 14.0. The van der Waals surface area contributed by atoms with Crippen molar-refractivity contribution < 1.29 is 96.4 Å². The predicted molar refractivity (Wildman–Crippen MR) is 455 cm³/mol. The fourth-order valence-electron chi connectivity index (χ4n) is 14.3. The number of imide groups is 1. The van der Waals surface area contributed by atoms with Crippen molar-refractivity contribution in [3.8, 4) is 6.07 Å². The molecule has 0 bridgehead atoms. The number of fused-ring (bicyclic) bond motifs is 4. The van der Waals surface area contributed by atoms with Gasteiger partial charge in [0.1, 0.15) is 0 Å². The number of benzene rings is 3. The van der Waals surface area contributed by atoms with E-state index in [-0.39, 0.29) is 74.6 Å². The zero-order valence-corrected chi connectivity index (χ0v) is 71.6. The first-order chi connectivity index (χ1) is 54.1. The Bertz CT molecular complexity index is 4810. The number of nitrogens with one attached hydrogen (secondary N) is 1. The van der Waals surface area contributed by atoms with Crippen LogP contribution in [-0.4, -0.2) is 216 Å². The summed E-state index contributed by atoms with van der Waals surface area (Å²) in [6, 6.07) is 35.9. The van der Waals surface area contributed by atoms with Gasteiger partial charge in [0.25, 0.3) is 11.8 Å². The molecule has 0 spiro atoms. The standard InChI is InChI=1S/C29H34BF2N4O4.C25H30BF2N3O2.C25H31N3O2.C4H10O.C2H3N.BF3.HI/c1-20-17-23(12-15-29(39)40-35-27(37)13-14-28(35)38)33-24(20)19-26-22(11-8-16-36(2,3)4)18-25(34(26)30(33,31)32)21-9-6-5-7-10-21;1-18-15-21(12-13-25(32)33)29-22(18)17-24-20(11-8-14-31(2,3)4)16-23(30(24)26(29,27)28)19-9-6-5-7-10-19;1-18-15-21(12-13-25(29)30)26-22(18)17-24-20(11-8-14-28(2,3)4)16-23(27-24)19-9-6-5-7-10-19;1-3-5-4-2;1-2-3;2-1(3)4;/h5-7,9-10,17-19H,8,11-16H2,1-4H3;5-7,9-10,15-17H,8,11-14H2,1-4H3;5-7,9-10,15-17H,8,11-14H2,1-4H3,(H-,26,27,29,30);3-4H2,1-2H3;1H3;;1H/q+1;;;;;;/p+2. The molecular weight excluding hydrogens is 1610 g/mol. The van der Waals surface area contributed by atoms with Crippen molar-refractivity contribution in [2.45, 2.75) is 131 Å². The first kappa shape index (κ1) is 95.1. The van der Waals surface area contributed by atoms with Crippen molar-refractivity contribution in [1.29, 1.82) is 5.26 Å². The van der Waals surface area contributed by atoms with E-state index in [9.17, 15) is 36.9 Å². The van der Waals surface area contributed by atoms with Crippen molar-refractivity contribution >= 4 is 111 Å². The number of carbonyl (C=O) groups excluding carboxylic acids is 3. The van der Waals surface area contributed by atoms with Crippen LogP contribution in [-0.2, 0) is 52.8 Å². The van der Waals surface area contributed by atoms with Gasteiger partial charge in [0.2, 0.25) is 0 Å². The molecule has 1 saturated heterocycles. The average molecular weight is 1720 g/mol. The summed E-state index contributed by atoms with van der Waals surface area (Å²) in [7, 11) is 15.7. The number of aromatic nitrogens is 3. The van der Waals surface area contributed by atoms with Crippen LogP contribution in [0.15, 0.2) is 166 Å². The zero-order chi connectivity index (χ0) is 84.9. The van der Waals surface area contributed by atoms with E-state index in [1.807, 2.05) is 137 Å². The summed E-state index contributed by atoms with van der Waals surface area (Å²) in [6.45, 7) is 7.21. The fourth-order valence-corrected chi connectivity index (χ4v) is 14.3. The van der Waals surface area contributed by atoms with E-state index in [0.29, 0.717) is 75.4 Å². The maximum atomic E-state index is 16.6. The summed E-state index contributed by atoms with van der Waals surface area (Å²) >= 11 is 0. The molecule has 1 fully saturated rings. The highest BCUT2D eigenvalue weighted by atomic mass is 127. The van der Waals surface area contributed by atoms with Crippen LogP contribution in [0.2, 0.25) is 0 Å². The first-order valence-electron chi connectivity index (χ1n) is 38.9. The van der Waals surface area contributed by atoms with E-state index in [2.05, 4.69) is 92.7 Å². The second-order valence-electron chi connectivity index (χ2n) is 31.9. The van der Waals surface area contributed by atoms with Gasteiger partial charge in [-0.25, -0.2) is 9.79 Å². The number of nitriles is 1. The van der Waals surface area contributed by atoms with Gasteiger partial charge in [-0.2, -0.15) is 5.26 Å². The van der Waals surface area contributed by atoms with Crippen molar-refractivity contribution in [3.63, 3.8) is 0 Å². The molecule has 2 amide bonds. The quantitative estimate of drug-likeness (QED) is 0.0139. The van der Waals surface area contributed by atoms with Crippen molar-refractivity contribution in [2.24, 2.45) is 4.99 Å². The molecule has 3 aromatic heterocycles.